The number of para-hydroxylation sites is 2. The van der Waals surface area contributed by atoms with E-state index in [9.17, 15) is 0 Å². The topological polar surface area (TPSA) is 29.0 Å². The fourth-order valence-electron chi connectivity index (χ4n) is 4.94. The third kappa shape index (κ3) is 4.08. The van der Waals surface area contributed by atoms with Crippen LogP contribution in [0.1, 0.15) is 0 Å². The van der Waals surface area contributed by atoms with E-state index in [1.54, 1.807) is 22.7 Å². The van der Waals surface area contributed by atoms with E-state index in [1.807, 2.05) is 23.9 Å². The Labute approximate surface area is 245 Å². The van der Waals surface area contributed by atoms with Crippen molar-refractivity contribution in [1.82, 2.24) is 9.97 Å². The van der Waals surface area contributed by atoms with Crippen LogP contribution in [0.4, 0.5) is 17.1 Å². The number of rotatable bonds is 3. The van der Waals surface area contributed by atoms with Crippen molar-refractivity contribution in [2.45, 2.75) is 9.79 Å². The lowest BCUT2D eigenvalue weighted by Crippen LogP contribution is -2.14. The molecule has 39 heavy (non-hydrogen) atoms. The van der Waals surface area contributed by atoms with Gasteiger partial charge >= 0.3 is 0 Å². The van der Waals surface area contributed by atoms with E-state index >= 15 is 0 Å². The maximum absolute atomic E-state index is 4.90. The number of hydrogen-bond acceptors (Lipinski definition) is 6. The molecule has 1 aliphatic heterocycles. The van der Waals surface area contributed by atoms with E-state index in [0.717, 1.165) is 42.3 Å². The van der Waals surface area contributed by atoms with Crippen LogP contribution in [0, 0.1) is 0 Å². The molecular formula is C32H18BrN3S3. The molecule has 1 aliphatic rings. The van der Waals surface area contributed by atoms with Crippen molar-refractivity contribution in [2.75, 3.05) is 4.90 Å². The standard InChI is InChI=1S/C32H18BrN3S3/c33-21-12-16-26-30(18-21)37-29-17-20(32-35-24-6-2-4-8-28(24)39-32)11-15-25(29)36(26)22-13-9-19(10-14-22)31-34-23-5-1-3-7-27(23)38-31/h1-18H. The lowest BCUT2D eigenvalue weighted by molar-refractivity contribution is 1.16. The number of halogens is 1. The Morgan fingerprint density at radius 2 is 1.13 bits per heavy atom. The first-order chi connectivity index (χ1) is 19.2. The molecule has 0 radical (unpaired) electrons. The highest BCUT2D eigenvalue weighted by molar-refractivity contribution is 9.10. The zero-order valence-corrected chi connectivity index (χ0v) is 24.4. The number of thiazole rings is 2. The fourth-order valence-corrected chi connectivity index (χ4v) is 8.52. The highest BCUT2D eigenvalue weighted by Crippen LogP contribution is 2.53. The average molecular weight is 621 g/mol. The summed E-state index contributed by atoms with van der Waals surface area (Å²) in [6.45, 7) is 0. The quantitative estimate of drug-likeness (QED) is 0.197. The van der Waals surface area contributed by atoms with Crippen molar-refractivity contribution in [3.63, 3.8) is 0 Å². The molecule has 0 fully saturated rings. The van der Waals surface area contributed by atoms with Crippen LogP contribution in [-0.2, 0) is 0 Å². The number of hydrogen-bond donors (Lipinski definition) is 0. The average Bonchev–Trinajstić information content (AvgIpc) is 3.60. The first-order valence-corrected chi connectivity index (χ1v) is 15.7. The summed E-state index contributed by atoms with van der Waals surface area (Å²) in [5, 5.41) is 2.09. The van der Waals surface area contributed by atoms with Gasteiger partial charge in [-0.15, -0.1) is 22.7 Å². The van der Waals surface area contributed by atoms with Gasteiger partial charge < -0.3 is 4.90 Å². The fraction of sp³-hybridized carbons (Fsp3) is 0. The van der Waals surface area contributed by atoms with Crippen molar-refractivity contribution >= 4 is 87.9 Å². The normalized spacial score (nSPS) is 12.6. The Balaban J connectivity index is 1.22. The van der Waals surface area contributed by atoms with Crippen LogP contribution < -0.4 is 4.90 Å². The SMILES string of the molecule is Brc1ccc2c(c1)Sc1cc(-c3nc4ccccc4s3)ccc1N2c1ccc(-c2nc3ccccc3s2)cc1. The Morgan fingerprint density at radius 1 is 0.564 bits per heavy atom. The Kier molecular flexibility index (Phi) is 5.59. The predicted molar refractivity (Wildman–Crippen MR) is 170 cm³/mol. The van der Waals surface area contributed by atoms with Crippen molar-refractivity contribution in [1.29, 1.82) is 0 Å². The van der Waals surface area contributed by atoms with Crippen molar-refractivity contribution < 1.29 is 0 Å². The summed E-state index contributed by atoms with van der Waals surface area (Å²) in [6, 6.07) is 38.6. The molecule has 0 bridgehead atoms. The summed E-state index contributed by atoms with van der Waals surface area (Å²) in [7, 11) is 0. The van der Waals surface area contributed by atoms with Crippen molar-refractivity contribution in [2.24, 2.45) is 0 Å². The molecule has 0 saturated heterocycles. The Bertz CT molecular complexity index is 1960. The molecule has 0 atom stereocenters. The van der Waals surface area contributed by atoms with Crippen molar-refractivity contribution in [3.8, 4) is 21.1 Å². The minimum atomic E-state index is 1.04. The van der Waals surface area contributed by atoms with Crippen LogP contribution in [0.5, 0.6) is 0 Å². The second-order valence-corrected chi connectivity index (χ2v) is 13.3. The molecule has 0 saturated carbocycles. The first kappa shape index (κ1) is 23.4. The van der Waals surface area contributed by atoms with Gasteiger partial charge in [0.2, 0.25) is 0 Å². The zero-order valence-electron chi connectivity index (χ0n) is 20.3. The van der Waals surface area contributed by atoms with E-state index in [-0.39, 0.29) is 0 Å². The van der Waals surface area contributed by atoms with Crippen LogP contribution in [0.25, 0.3) is 41.6 Å². The number of benzene rings is 5. The molecule has 7 heteroatoms. The largest absolute Gasteiger partial charge is 0.308 e. The van der Waals surface area contributed by atoms with Crippen LogP contribution in [0.2, 0.25) is 0 Å². The van der Waals surface area contributed by atoms with E-state index in [2.05, 4.69) is 118 Å². The Morgan fingerprint density at radius 3 is 1.79 bits per heavy atom. The lowest BCUT2D eigenvalue weighted by Gasteiger charge is -2.33. The third-order valence-electron chi connectivity index (χ3n) is 6.79. The van der Waals surface area contributed by atoms with E-state index < -0.39 is 0 Å². The summed E-state index contributed by atoms with van der Waals surface area (Å²) >= 11 is 8.97. The third-order valence-corrected chi connectivity index (χ3v) is 10.5. The molecule has 8 rings (SSSR count). The summed E-state index contributed by atoms with van der Waals surface area (Å²) in [5.41, 5.74) is 7.85. The maximum Gasteiger partial charge on any atom is 0.124 e. The number of aromatic nitrogens is 2. The van der Waals surface area contributed by atoms with Crippen molar-refractivity contribution in [3.05, 3.63) is 114 Å². The molecule has 5 aromatic carbocycles. The predicted octanol–water partition coefficient (Wildman–Crippen LogP) is 10.9. The van der Waals surface area contributed by atoms with Gasteiger partial charge in [0.05, 0.1) is 31.8 Å². The van der Waals surface area contributed by atoms with Gasteiger partial charge in [-0.2, -0.15) is 0 Å². The van der Waals surface area contributed by atoms with Gasteiger partial charge in [-0.05, 0) is 84.9 Å². The van der Waals surface area contributed by atoms with Crippen LogP contribution in [-0.4, -0.2) is 9.97 Å². The summed E-state index contributed by atoms with van der Waals surface area (Å²) in [5.74, 6) is 0. The van der Waals surface area contributed by atoms with E-state index in [0.29, 0.717) is 0 Å². The maximum atomic E-state index is 4.90. The van der Waals surface area contributed by atoms with Crippen LogP contribution >= 0.6 is 50.4 Å². The van der Waals surface area contributed by atoms with E-state index in [4.69, 9.17) is 9.97 Å². The van der Waals surface area contributed by atoms with E-state index in [1.165, 1.54) is 30.6 Å². The summed E-state index contributed by atoms with van der Waals surface area (Å²) in [6.07, 6.45) is 0. The van der Waals surface area contributed by atoms with Gasteiger partial charge in [0, 0.05) is 31.1 Å². The highest BCUT2D eigenvalue weighted by Gasteiger charge is 2.26. The van der Waals surface area contributed by atoms with Gasteiger partial charge in [-0.3, -0.25) is 0 Å². The molecule has 3 nitrogen and oxygen atoms in total. The molecular weight excluding hydrogens is 602 g/mol. The molecule has 7 aromatic rings. The molecule has 3 heterocycles. The molecule has 2 aromatic heterocycles. The first-order valence-electron chi connectivity index (χ1n) is 12.4. The smallest absolute Gasteiger partial charge is 0.124 e. The molecule has 0 aliphatic carbocycles. The van der Waals surface area contributed by atoms with Gasteiger partial charge in [0.25, 0.3) is 0 Å². The summed E-state index contributed by atoms with van der Waals surface area (Å²) < 4.78 is 3.50. The monoisotopic (exact) mass is 619 g/mol. The lowest BCUT2D eigenvalue weighted by atomic mass is 10.1. The summed E-state index contributed by atoms with van der Waals surface area (Å²) in [4.78, 5) is 14.5. The number of nitrogens with zero attached hydrogens (tertiary/aromatic N) is 3. The number of fused-ring (bicyclic) bond motifs is 4. The van der Waals surface area contributed by atoms with Gasteiger partial charge in [0.15, 0.2) is 0 Å². The van der Waals surface area contributed by atoms with Gasteiger partial charge in [-0.1, -0.05) is 52.0 Å². The van der Waals surface area contributed by atoms with Crippen LogP contribution in [0.15, 0.2) is 123 Å². The molecule has 0 unspecified atom stereocenters. The second-order valence-electron chi connectivity index (χ2n) is 9.25. The molecule has 0 N–H and O–H groups in total. The molecule has 186 valence electrons. The van der Waals surface area contributed by atoms with Gasteiger partial charge in [0.1, 0.15) is 10.0 Å². The minimum Gasteiger partial charge on any atom is -0.308 e. The Hall–Kier alpha value is -3.49. The molecule has 0 amide bonds. The molecule has 0 spiro atoms. The highest BCUT2D eigenvalue weighted by atomic mass is 79.9. The van der Waals surface area contributed by atoms with Gasteiger partial charge in [-0.25, -0.2) is 9.97 Å². The zero-order chi connectivity index (χ0) is 25.9. The number of anilines is 3. The van der Waals surface area contributed by atoms with Crippen LogP contribution in [0.3, 0.4) is 0 Å². The second kappa shape index (κ2) is 9.31. The minimum absolute atomic E-state index is 1.04.